The van der Waals surface area contributed by atoms with Gasteiger partial charge < -0.3 is 11.1 Å². The largest absolute Gasteiger partial charge is 0.350 e. The number of nitrogens with one attached hydrogen (secondary N) is 1. The standard InChI is InChI=1S/C14H20N4O/c1-10(2)7-11(15)8-16-14(19)12-9-17-18-6-4-3-5-13(12)18/h3-6,9-11H,7-8,15H2,1-2H3,(H,16,19). The number of hydrogen-bond acceptors (Lipinski definition) is 3. The van der Waals surface area contributed by atoms with E-state index in [9.17, 15) is 4.79 Å². The van der Waals surface area contributed by atoms with E-state index in [0.717, 1.165) is 11.9 Å². The van der Waals surface area contributed by atoms with Gasteiger partial charge in [-0.1, -0.05) is 19.9 Å². The van der Waals surface area contributed by atoms with Gasteiger partial charge in [-0.3, -0.25) is 4.79 Å². The molecule has 0 bridgehead atoms. The highest BCUT2D eigenvalue weighted by atomic mass is 16.1. The Labute approximate surface area is 112 Å². The Bertz CT molecular complexity index is 561. The van der Waals surface area contributed by atoms with Gasteiger partial charge in [0.2, 0.25) is 0 Å². The fourth-order valence-electron chi connectivity index (χ4n) is 2.12. The molecule has 2 aromatic rings. The predicted molar refractivity (Wildman–Crippen MR) is 75.0 cm³/mol. The highest BCUT2D eigenvalue weighted by Crippen LogP contribution is 2.09. The van der Waals surface area contributed by atoms with Gasteiger partial charge in [-0.05, 0) is 24.5 Å². The lowest BCUT2D eigenvalue weighted by Gasteiger charge is -2.14. The van der Waals surface area contributed by atoms with Gasteiger partial charge in [-0.15, -0.1) is 0 Å². The van der Waals surface area contributed by atoms with E-state index < -0.39 is 0 Å². The molecule has 0 saturated heterocycles. The van der Waals surface area contributed by atoms with Crippen LogP contribution in [0.15, 0.2) is 30.6 Å². The van der Waals surface area contributed by atoms with Crippen molar-refractivity contribution in [1.29, 1.82) is 0 Å². The minimum Gasteiger partial charge on any atom is -0.350 e. The van der Waals surface area contributed by atoms with Crippen LogP contribution in [-0.4, -0.2) is 28.1 Å². The van der Waals surface area contributed by atoms with Crippen molar-refractivity contribution < 1.29 is 4.79 Å². The Morgan fingerprint density at radius 1 is 1.47 bits per heavy atom. The zero-order valence-electron chi connectivity index (χ0n) is 11.3. The van der Waals surface area contributed by atoms with Crippen molar-refractivity contribution >= 4 is 11.4 Å². The monoisotopic (exact) mass is 260 g/mol. The second kappa shape index (κ2) is 5.84. The number of nitrogens with zero attached hydrogens (tertiary/aromatic N) is 2. The van der Waals surface area contributed by atoms with Crippen molar-refractivity contribution in [3.05, 3.63) is 36.2 Å². The summed E-state index contributed by atoms with van der Waals surface area (Å²) in [5.41, 5.74) is 7.34. The summed E-state index contributed by atoms with van der Waals surface area (Å²) >= 11 is 0. The lowest BCUT2D eigenvalue weighted by molar-refractivity contribution is 0.0951. The average molecular weight is 260 g/mol. The zero-order chi connectivity index (χ0) is 13.8. The number of hydrogen-bond donors (Lipinski definition) is 2. The van der Waals surface area contributed by atoms with Crippen molar-refractivity contribution in [2.24, 2.45) is 11.7 Å². The normalized spacial score (nSPS) is 12.8. The van der Waals surface area contributed by atoms with E-state index in [4.69, 9.17) is 5.73 Å². The van der Waals surface area contributed by atoms with Gasteiger partial charge in [0.1, 0.15) is 0 Å². The lowest BCUT2D eigenvalue weighted by Crippen LogP contribution is -2.37. The summed E-state index contributed by atoms with van der Waals surface area (Å²) in [7, 11) is 0. The van der Waals surface area contributed by atoms with E-state index in [-0.39, 0.29) is 11.9 Å². The van der Waals surface area contributed by atoms with Crippen LogP contribution >= 0.6 is 0 Å². The molecule has 2 heterocycles. The van der Waals surface area contributed by atoms with Gasteiger partial charge in [0.25, 0.3) is 5.91 Å². The summed E-state index contributed by atoms with van der Waals surface area (Å²) < 4.78 is 1.68. The second-order valence-corrected chi connectivity index (χ2v) is 5.19. The number of aromatic nitrogens is 2. The molecule has 5 nitrogen and oxygen atoms in total. The Kier molecular flexibility index (Phi) is 4.16. The maximum absolute atomic E-state index is 12.1. The van der Waals surface area contributed by atoms with Crippen LogP contribution in [0.3, 0.4) is 0 Å². The number of carbonyl (C=O) groups excluding carboxylic acids is 1. The highest BCUT2D eigenvalue weighted by Gasteiger charge is 2.13. The molecule has 0 aliphatic heterocycles. The Hall–Kier alpha value is -1.88. The molecule has 2 rings (SSSR count). The zero-order valence-corrected chi connectivity index (χ0v) is 11.3. The van der Waals surface area contributed by atoms with Crippen LogP contribution in [0.25, 0.3) is 5.52 Å². The first-order valence-corrected chi connectivity index (χ1v) is 6.54. The summed E-state index contributed by atoms with van der Waals surface area (Å²) in [6.45, 7) is 4.72. The molecule has 3 N–H and O–H groups in total. The van der Waals surface area contributed by atoms with Gasteiger partial charge in [0.05, 0.1) is 17.3 Å². The third-order valence-corrected chi connectivity index (χ3v) is 2.97. The van der Waals surface area contributed by atoms with E-state index in [2.05, 4.69) is 24.3 Å². The molecular formula is C14H20N4O. The van der Waals surface area contributed by atoms with Gasteiger partial charge >= 0.3 is 0 Å². The molecule has 0 saturated carbocycles. The summed E-state index contributed by atoms with van der Waals surface area (Å²) in [6.07, 6.45) is 4.30. The topological polar surface area (TPSA) is 72.4 Å². The Morgan fingerprint density at radius 3 is 3.00 bits per heavy atom. The third-order valence-electron chi connectivity index (χ3n) is 2.97. The predicted octanol–water partition coefficient (Wildman–Crippen LogP) is 1.44. The molecule has 19 heavy (non-hydrogen) atoms. The van der Waals surface area contributed by atoms with E-state index in [1.807, 2.05) is 24.4 Å². The van der Waals surface area contributed by atoms with Crippen LogP contribution in [0.1, 0.15) is 30.6 Å². The van der Waals surface area contributed by atoms with Crippen LogP contribution < -0.4 is 11.1 Å². The number of nitrogens with two attached hydrogens (primary N) is 1. The number of amides is 1. The molecule has 0 aromatic carbocycles. The highest BCUT2D eigenvalue weighted by molar-refractivity contribution is 6.00. The maximum Gasteiger partial charge on any atom is 0.255 e. The van der Waals surface area contributed by atoms with Gasteiger partial charge in [-0.25, -0.2) is 4.52 Å². The summed E-state index contributed by atoms with van der Waals surface area (Å²) in [6, 6.07) is 5.62. The molecule has 102 valence electrons. The first-order chi connectivity index (χ1) is 9.08. The summed E-state index contributed by atoms with van der Waals surface area (Å²) in [5, 5.41) is 7.00. The number of fused-ring (bicyclic) bond motifs is 1. The molecular weight excluding hydrogens is 240 g/mol. The molecule has 1 amide bonds. The Morgan fingerprint density at radius 2 is 2.26 bits per heavy atom. The van der Waals surface area contributed by atoms with Crippen molar-refractivity contribution in [2.45, 2.75) is 26.3 Å². The van der Waals surface area contributed by atoms with Crippen molar-refractivity contribution in [2.75, 3.05) is 6.54 Å². The lowest BCUT2D eigenvalue weighted by atomic mass is 10.0. The van der Waals surface area contributed by atoms with Gasteiger partial charge in [0.15, 0.2) is 0 Å². The second-order valence-electron chi connectivity index (χ2n) is 5.19. The van der Waals surface area contributed by atoms with Crippen molar-refractivity contribution in [1.82, 2.24) is 14.9 Å². The van der Waals surface area contributed by atoms with E-state index in [0.29, 0.717) is 18.0 Å². The molecule has 0 radical (unpaired) electrons. The first kappa shape index (κ1) is 13.5. The molecule has 0 aliphatic carbocycles. The number of pyridine rings is 1. The first-order valence-electron chi connectivity index (χ1n) is 6.54. The summed E-state index contributed by atoms with van der Waals surface area (Å²) in [4.78, 5) is 12.1. The van der Waals surface area contributed by atoms with E-state index >= 15 is 0 Å². The SMILES string of the molecule is CC(C)CC(N)CNC(=O)c1cnn2ccccc12. The van der Waals surface area contributed by atoms with Crippen LogP contribution in [-0.2, 0) is 0 Å². The van der Waals surface area contributed by atoms with Gasteiger partial charge in [-0.2, -0.15) is 5.10 Å². The van der Waals surface area contributed by atoms with Crippen LogP contribution in [0, 0.1) is 5.92 Å². The minimum atomic E-state index is -0.125. The summed E-state index contributed by atoms with van der Waals surface area (Å²) in [5.74, 6) is 0.407. The molecule has 0 fully saturated rings. The van der Waals surface area contributed by atoms with Crippen molar-refractivity contribution in [3.63, 3.8) is 0 Å². The van der Waals surface area contributed by atoms with Crippen LogP contribution in [0.5, 0.6) is 0 Å². The van der Waals surface area contributed by atoms with E-state index in [1.54, 1.807) is 10.7 Å². The fourth-order valence-corrected chi connectivity index (χ4v) is 2.12. The molecule has 0 aliphatic rings. The molecule has 5 heteroatoms. The van der Waals surface area contributed by atoms with Crippen LogP contribution in [0.2, 0.25) is 0 Å². The smallest absolute Gasteiger partial charge is 0.255 e. The average Bonchev–Trinajstić information content (AvgIpc) is 2.79. The molecule has 2 aromatic heterocycles. The Balaban J connectivity index is 2.00. The molecule has 0 spiro atoms. The van der Waals surface area contributed by atoms with E-state index in [1.165, 1.54) is 0 Å². The number of rotatable bonds is 5. The molecule has 1 unspecified atom stereocenters. The number of carbonyl (C=O) groups is 1. The van der Waals surface area contributed by atoms with Gasteiger partial charge in [0, 0.05) is 18.8 Å². The van der Waals surface area contributed by atoms with Crippen molar-refractivity contribution in [3.8, 4) is 0 Å². The quantitative estimate of drug-likeness (QED) is 0.854. The fraction of sp³-hybridized carbons (Fsp3) is 0.429. The maximum atomic E-state index is 12.1. The van der Waals surface area contributed by atoms with Crippen LogP contribution in [0.4, 0.5) is 0 Å². The minimum absolute atomic E-state index is 0.00853. The molecule has 1 atom stereocenters. The third kappa shape index (κ3) is 3.32.